The fourth-order valence-electron chi connectivity index (χ4n) is 2.06. The molecule has 1 aliphatic heterocycles. The summed E-state index contributed by atoms with van der Waals surface area (Å²) in [6.45, 7) is 3.45. The molecule has 0 aromatic heterocycles. The van der Waals surface area contributed by atoms with E-state index in [9.17, 15) is 8.42 Å². The molecule has 1 saturated heterocycles. The van der Waals surface area contributed by atoms with Crippen molar-refractivity contribution in [2.24, 2.45) is 0 Å². The Bertz CT molecular complexity index is 570. The average molecular weight is 334 g/mol. The van der Waals surface area contributed by atoms with Gasteiger partial charge in [0.05, 0.1) is 22.6 Å². The summed E-state index contributed by atoms with van der Waals surface area (Å²) >= 11 is 6.00. The summed E-state index contributed by atoms with van der Waals surface area (Å²) in [6.07, 6.45) is 2.64. The Morgan fingerprint density at radius 1 is 1.48 bits per heavy atom. The van der Waals surface area contributed by atoms with Crippen LogP contribution in [0.5, 0.6) is 5.75 Å². The van der Waals surface area contributed by atoms with Crippen molar-refractivity contribution in [2.75, 3.05) is 19.8 Å². The number of hydrogen-bond acceptors (Lipinski definition) is 4. The molecule has 0 radical (unpaired) electrons. The van der Waals surface area contributed by atoms with Crippen LogP contribution in [0.25, 0.3) is 0 Å². The van der Waals surface area contributed by atoms with Gasteiger partial charge in [0, 0.05) is 19.2 Å². The van der Waals surface area contributed by atoms with Gasteiger partial charge in [-0.3, -0.25) is 0 Å². The first-order chi connectivity index (χ1) is 10.0. The highest BCUT2D eigenvalue weighted by Gasteiger charge is 2.21. The van der Waals surface area contributed by atoms with Gasteiger partial charge in [-0.2, -0.15) is 0 Å². The minimum Gasteiger partial charge on any atom is -0.492 e. The molecule has 1 heterocycles. The van der Waals surface area contributed by atoms with Crippen molar-refractivity contribution >= 4 is 21.6 Å². The van der Waals surface area contributed by atoms with E-state index in [1.807, 2.05) is 6.92 Å². The van der Waals surface area contributed by atoms with Crippen molar-refractivity contribution in [3.05, 3.63) is 23.2 Å². The molecule has 0 bridgehead atoms. The smallest absolute Gasteiger partial charge is 0.240 e. The predicted molar refractivity (Wildman–Crippen MR) is 81.4 cm³/mol. The van der Waals surface area contributed by atoms with Gasteiger partial charge >= 0.3 is 0 Å². The van der Waals surface area contributed by atoms with E-state index in [-0.39, 0.29) is 17.5 Å². The van der Waals surface area contributed by atoms with Crippen LogP contribution < -0.4 is 9.46 Å². The maximum Gasteiger partial charge on any atom is 0.240 e. The summed E-state index contributed by atoms with van der Waals surface area (Å²) in [5, 5.41) is 0.404. The molecule has 1 atom stereocenters. The van der Waals surface area contributed by atoms with Crippen molar-refractivity contribution in [3.63, 3.8) is 0 Å². The summed E-state index contributed by atoms with van der Waals surface area (Å²) in [4.78, 5) is 0.149. The van der Waals surface area contributed by atoms with Gasteiger partial charge in [0.1, 0.15) is 5.75 Å². The Hall–Kier alpha value is -0.820. The van der Waals surface area contributed by atoms with E-state index in [1.54, 1.807) is 0 Å². The van der Waals surface area contributed by atoms with Crippen LogP contribution in [-0.4, -0.2) is 34.3 Å². The number of sulfonamides is 1. The van der Waals surface area contributed by atoms with Crippen molar-refractivity contribution in [1.82, 2.24) is 4.72 Å². The lowest BCUT2D eigenvalue weighted by Crippen LogP contribution is -2.31. The van der Waals surface area contributed by atoms with E-state index in [1.165, 1.54) is 18.2 Å². The SMILES string of the molecule is CCCOc1cc(S(=O)(=O)NCC2CCCO2)ccc1Cl. The first kappa shape index (κ1) is 16.5. The third-order valence-electron chi connectivity index (χ3n) is 3.20. The number of ether oxygens (including phenoxy) is 2. The third kappa shape index (κ3) is 4.57. The van der Waals surface area contributed by atoms with Gasteiger partial charge in [-0.15, -0.1) is 0 Å². The summed E-state index contributed by atoms with van der Waals surface area (Å²) in [5.74, 6) is 0.388. The summed E-state index contributed by atoms with van der Waals surface area (Å²) in [5.41, 5.74) is 0. The monoisotopic (exact) mass is 333 g/mol. The Labute approximate surface area is 130 Å². The highest BCUT2D eigenvalue weighted by molar-refractivity contribution is 7.89. The maximum atomic E-state index is 12.3. The van der Waals surface area contributed by atoms with Gasteiger partial charge < -0.3 is 9.47 Å². The Morgan fingerprint density at radius 2 is 2.29 bits per heavy atom. The first-order valence-electron chi connectivity index (χ1n) is 7.06. The van der Waals surface area contributed by atoms with Crippen LogP contribution in [0.3, 0.4) is 0 Å². The fraction of sp³-hybridized carbons (Fsp3) is 0.571. The zero-order valence-electron chi connectivity index (χ0n) is 12.0. The van der Waals surface area contributed by atoms with E-state index >= 15 is 0 Å². The van der Waals surface area contributed by atoms with Gasteiger partial charge in [0.25, 0.3) is 0 Å². The lowest BCUT2D eigenvalue weighted by molar-refractivity contribution is 0.114. The van der Waals surface area contributed by atoms with Crippen molar-refractivity contribution in [2.45, 2.75) is 37.2 Å². The predicted octanol–water partition coefficient (Wildman–Crippen LogP) is 2.59. The summed E-state index contributed by atoms with van der Waals surface area (Å²) in [7, 11) is -3.58. The van der Waals surface area contributed by atoms with Crippen LogP contribution in [0.1, 0.15) is 26.2 Å². The van der Waals surface area contributed by atoms with Crippen molar-refractivity contribution in [3.8, 4) is 5.75 Å². The molecule has 5 nitrogen and oxygen atoms in total. The number of nitrogens with one attached hydrogen (secondary N) is 1. The number of halogens is 1. The molecule has 1 fully saturated rings. The Balaban J connectivity index is 2.07. The number of hydrogen-bond donors (Lipinski definition) is 1. The van der Waals surface area contributed by atoms with Crippen LogP contribution in [-0.2, 0) is 14.8 Å². The fourth-order valence-corrected chi connectivity index (χ4v) is 3.32. The standard InChI is InChI=1S/C14H20ClNO4S/c1-2-7-20-14-9-12(5-6-13(14)15)21(17,18)16-10-11-4-3-8-19-11/h5-6,9,11,16H,2-4,7-8,10H2,1H3. The Morgan fingerprint density at radius 3 is 2.95 bits per heavy atom. The largest absolute Gasteiger partial charge is 0.492 e. The average Bonchev–Trinajstić information content (AvgIpc) is 2.97. The zero-order chi connectivity index (χ0) is 15.3. The molecule has 7 heteroatoms. The normalized spacial score (nSPS) is 18.9. The highest BCUT2D eigenvalue weighted by Crippen LogP contribution is 2.27. The van der Waals surface area contributed by atoms with E-state index in [0.717, 1.165) is 19.3 Å². The maximum absolute atomic E-state index is 12.3. The quantitative estimate of drug-likeness (QED) is 0.833. The van der Waals surface area contributed by atoms with Crippen LogP contribution in [0.15, 0.2) is 23.1 Å². The molecule has 2 rings (SSSR count). The van der Waals surface area contributed by atoms with Gasteiger partial charge in [-0.05, 0) is 31.4 Å². The molecule has 1 unspecified atom stereocenters. The summed E-state index contributed by atoms with van der Waals surface area (Å²) in [6, 6.07) is 4.46. The lowest BCUT2D eigenvalue weighted by Gasteiger charge is -2.13. The lowest BCUT2D eigenvalue weighted by atomic mass is 10.2. The highest BCUT2D eigenvalue weighted by atomic mass is 35.5. The van der Waals surface area contributed by atoms with Gasteiger partial charge in [-0.25, -0.2) is 13.1 Å². The second kappa shape index (κ2) is 7.45. The molecule has 1 aliphatic rings. The Kier molecular flexibility index (Phi) is 5.87. The number of rotatable bonds is 7. The molecule has 0 aliphatic carbocycles. The first-order valence-corrected chi connectivity index (χ1v) is 8.92. The molecular formula is C14H20ClNO4S. The summed E-state index contributed by atoms with van der Waals surface area (Å²) < 4.78 is 37.9. The van der Waals surface area contributed by atoms with E-state index in [0.29, 0.717) is 24.0 Å². The van der Waals surface area contributed by atoms with Crippen LogP contribution in [0.4, 0.5) is 0 Å². The van der Waals surface area contributed by atoms with E-state index in [2.05, 4.69) is 4.72 Å². The molecule has 0 spiro atoms. The minimum atomic E-state index is -3.58. The van der Waals surface area contributed by atoms with Crippen molar-refractivity contribution < 1.29 is 17.9 Å². The number of benzene rings is 1. The second-order valence-corrected chi connectivity index (χ2v) is 7.10. The molecule has 1 aromatic rings. The van der Waals surface area contributed by atoms with Gasteiger partial charge in [0.15, 0.2) is 0 Å². The molecule has 0 amide bonds. The van der Waals surface area contributed by atoms with Crippen molar-refractivity contribution in [1.29, 1.82) is 0 Å². The minimum absolute atomic E-state index is 0.0390. The van der Waals surface area contributed by atoms with E-state index in [4.69, 9.17) is 21.1 Å². The van der Waals surface area contributed by atoms with E-state index < -0.39 is 10.0 Å². The zero-order valence-corrected chi connectivity index (χ0v) is 13.5. The topological polar surface area (TPSA) is 64.6 Å². The van der Waals surface area contributed by atoms with Gasteiger partial charge in [-0.1, -0.05) is 18.5 Å². The van der Waals surface area contributed by atoms with Gasteiger partial charge in [0.2, 0.25) is 10.0 Å². The molecular weight excluding hydrogens is 314 g/mol. The second-order valence-electron chi connectivity index (χ2n) is 4.93. The van der Waals surface area contributed by atoms with Crippen LogP contribution in [0, 0.1) is 0 Å². The van der Waals surface area contributed by atoms with Crippen LogP contribution >= 0.6 is 11.6 Å². The third-order valence-corrected chi connectivity index (χ3v) is 4.93. The molecule has 1 aromatic carbocycles. The molecule has 0 saturated carbocycles. The molecule has 21 heavy (non-hydrogen) atoms. The molecule has 1 N–H and O–H groups in total. The molecule has 118 valence electrons. The van der Waals surface area contributed by atoms with Crippen LogP contribution in [0.2, 0.25) is 5.02 Å².